The second-order valence-corrected chi connectivity index (χ2v) is 7.24. The minimum Gasteiger partial charge on any atom is -0.484 e. The second kappa shape index (κ2) is 9.07. The normalized spacial score (nSPS) is 10.4. The fourth-order valence-electron chi connectivity index (χ4n) is 3.15. The maximum Gasteiger partial charge on any atom is 0.262 e. The molecule has 1 N–H and O–H groups in total. The van der Waals surface area contributed by atoms with Crippen LogP contribution in [-0.4, -0.2) is 12.5 Å². The van der Waals surface area contributed by atoms with Gasteiger partial charge in [0.05, 0.1) is 11.6 Å². The maximum absolute atomic E-state index is 12.4. The Bertz CT molecular complexity index is 1030. The van der Waals surface area contributed by atoms with Gasteiger partial charge in [-0.25, -0.2) is 0 Å². The van der Waals surface area contributed by atoms with Gasteiger partial charge in [0.2, 0.25) is 0 Å². The SMILES string of the molecule is Cc1cccc(C(C)C)c1NC(=O)COc1ccc(-c2ccc(C#N)cc2)cc1. The second-order valence-electron chi connectivity index (χ2n) is 7.24. The van der Waals surface area contributed by atoms with Gasteiger partial charge in [0, 0.05) is 5.69 Å². The predicted octanol–water partition coefficient (Wildman–Crippen LogP) is 5.67. The summed E-state index contributed by atoms with van der Waals surface area (Å²) in [6.07, 6.45) is 0. The van der Waals surface area contributed by atoms with Gasteiger partial charge < -0.3 is 10.1 Å². The third kappa shape index (κ3) is 5.03. The first-order chi connectivity index (χ1) is 14.0. The summed E-state index contributed by atoms with van der Waals surface area (Å²) >= 11 is 0. The van der Waals surface area contributed by atoms with Gasteiger partial charge in [-0.1, -0.05) is 56.3 Å². The summed E-state index contributed by atoms with van der Waals surface area (Å²) in [5, 5.41) is 11.9. The molecule has 146 valence electrons. The zero-order valence-electron chi connectivity index (χ0n) is 16.9. The highest BCUT2D eigenvalue weighted by Crippen LogP contribution is 2.27. The molecule has 0 aliphatic heterocycles. The van der Waals surface area contributed by atoms with Crippen molar-refractivity contribution in [3.8, 4) is 22.9 Å². The molecule has 0 aliphatic rings. The number of carbonyl (C=O) groups excluding carboxylic acids is 1. The Hall–Kier alpha value is -3.58. The molecular formula is C25H24N2O2. The highest BCUT2D eigenvalue weighted by atomic mass is 16.5. The number of nitrogens with one attached hydrogen (secondary N) is 1. The molecule has 4 nitrogen and oxygen atoms in total. The lowest BCUT2D eigenvalue weighted by Gasteiger charge is -2.16. The van der Waals surface area contributed by atoms with Crippen LogP contribution in [0.15, 0.2) is 66.7 Å². The lowest BCUT2D eigenvalue weighted by Crippen LogP contribution is -2.21. The van der Waals surface area contributed by atoms with E-state index in [-0.39, 0.29) is 12.5 Å². The number of ether oxygens (including phenoxy) is 1. The van der Waals surface area contributed by atoms with E-state index in [0.717, 1.165) is 27.9 Å². The summed E-state index contributed by atoms with van der Waals surface area (Å²) < 4.78 is 5.65. The van der Waals surface area contributed by atoms with E-state index in [4.69, 9.17) is 10.00 Å². The molecule has 29 heavy (non-hydrogen) atoms. The molecule has 0 heterocycles. The van der Waals surface area contributed by atoms with Crippen LogP contribution in [0, 0.1) is 18.3 Å². The van der Waals surface area contributed by atoms with Crippen LogP contribution in [0.2, 0.25) is 0 Å². The number of hydrogen-bond donors (Lipinski definition) is 1. The molecule has 0 aromatic heterocycles. The summed E-state index contributed by atoms with van der Waals surface area (Å²) in [5.74, 6) is 0.768. The molecule has 0 radical (unpaired) electrons. The fourth-order valence-corrected chi connectivity index (χ4v) is 3.15. The van der Waals surface area contributed by atoms with Crippen molar-refractivity contribution in [2.45, 2.75) is 26.7 Å². The molecule has 1 amide bonds. The first kappa shape index (κ1) is 20.2. The number of hydrogen-bond acceptors (Lipinski definition) is 3. The van der Waals surface area contributed by atoms with E-state index < -0.39 is 0 Å². The van der Waals surface area contributed by atoms with Crippen LogP contribution in [0.25, 0.3) is 11.1 Å². The predicted molar refractivity (Wildman–Crippen MR) is 116 cm³/mol. The van der Waals surface area contributed by atoms with Crippen LogP contribution in [0.1, 0.15) is 36.5 Å². The number of carbonyl (C=O) groups is 1. The molecular weight excluding hydrogens is 360 g/mol. The quantitative estimate of drug-likeness (QED) is 0.595. The lowest BCUT2D eigenvalue weighted by molar-refractivity contribution is -0.118. The standard InChI is InChI=1S/C25H24N2O2/c1-17(2)23-6-4-5-18(3)25(23)27-24(28)16-29-22-13-11-21(12-14-22)20-9-7-19(15-26)8-10-20/h4-14,17H,16H2,1-3H3,(H,27,28). The lowest BCUT2D eigenvalue weighted by atomic mass is 9.98. The molecule has 0 unspecified atom stereocenters. The third-order valence-electron chi connectivity index (χ3n) is 4.76. The largest absolute Gasteiger partial charge is 0.484 e. The van der Waals surface area contributed by atoms with Gasteiger partial charge in [-0.2, -0.15) is 5.26 Å². The molecule has 3 aromatic rings. The van der Waals surface area contributed by atoms with Crippen LogP contribution in [-0.2, 0) is 4.79 Å². The Morgan fingerprint density at radius 2 is 1.62 bits per heavy atom. The van der Waals surface area contributed by atoms with Crippen LogP contribution in [0.5, 0.6) is 5.75 Å². The molecule has 0 saturated heterocycles. The van der Waals surface area contributed by atoms with E-state index in [9.17, 15) is 4.79 Å². The molecule has 0 fully saturated rings. The van der Waals surface area contributed by atoms with E-state index in [2.05, 4.69) is 25.2 Å². The number of rotatable bonds is 6. The molecule has 0 atom stereocenters. The van der Waals surface area contributed by atoms with E-state index in [1.807, 2.05) is 61.5 Å². The minimum atomic E-state index is -0.183. The first-order valence-electron chi connectivity index (χ1n) is 9.60. The zero-order chi connectivity index (χ0) is 20.8. The maximum atomic E-state index is 12.4. The minimum absolute atomic E-state index is 0.0535. The Kier molecular flexibility index (Phi) is 6.31. The smallest absolute Gasteiger partial charge is 0.262 e. The number of para-hydroxylation sites is 1. The van der Waals surface area contributed by atoms with Crippen molar-refractivity contribution < 1.29 is 9.53 Å². The number of nitrogens with zero attached hydrogens (tertiary/aromatic N) is 1. The number of anilines is 1. The molecule has 3 aromatic carbocycles. The number of aryl methyl sites for hydroxylation is 1. The first-order valence-corrected chi connectivity index (χ1v) is 9.60. The van der Waals surface area contributed by atoms with Crippen molar-refractivity contribution >= 4 is 11.6 Å². The molecule has 0 spiro atoms. The van der Waals surface area contributed by atoms with Crippen molar-refractivity contribution in [2.24, 2.45) is 0 Å². The number of nitriles is 1. The van der Waals surface area contributed by atoms with Gasteiger partial charge >= 0.3 is 0 Å². The molecule has 0 bridgehead atoms. The molecule has 3 rings (SSSR count). The highest BCUT2D eigenvalue weighted by Gasteiger charge is 2.12. The van der Waals surface area contributed by atoms with Crippen molar-refractivity contribution in [3.63, 3.8) is 0 Å². The van der Waals surface area contributed by atoms with Gasteiger partial charge in [-0.15, -0.1) is 0 Å². The Labute approximate surface area is 171 Å². The average Bonchev–Trinajstić information content (AvgIpc) is 2.74. The van der Waals surface area contributed by atoms with Crippen LogP contribution < -0.4 is 10.1 Å². The van der Waals surface area contributed by atoms with Crippen molar-refractivity contribution in [1.29, 1.82) is 5.26 Å². The van der Waals surface area contributed by atoms with Gasteiger partial charge in [-0.05, 0) is 59.4 Å². The van der Waals surface area contributed by atoms with Crippen LogP contribution in [0.3, 0.4) is 0 Å². The summed E-state index contributed by atoms with van der Waals surface area (Å²) in [7, 11) is 0. The van der Waals surface area contributed by atoms with E-state index in [1.54, 1.807) is 12.1 Å². The Morgan fingerprint density at radius 1 is 1.00 bits per heavy atom. The van der Waals surface area contributed by atoms with Gasteiger partial charge in [0.15, 0.2) is 6.61 Å². The summed E-state index contributed by atoms with van der Waals surface area (Å²) in [6, 6.07) is 23.1. The average molecular weight is 384 g/mol. The van der Waals surface area contributed by atoms with Crippen molar-refractivity contribution in [3.05, 3.63) is 83.4 Å². The fraction of sp³-hybridized carbons (Fsp3) is 0.200. The molecule has 4 heteroatoms. The van der Waals surface area contributed by atoms with E-state index >= 15 is 0 Å². The summed E-state index contributed by atoms with van der Waals surface area (Å²) in [4.78, 5) is 12.4. The van der Waals surface area contributed by atoms with E-state index in [1.165, 1.54) is 0 Å². The summed E-state index contributed by atoms with van der Waals surface area (Å²) in [6.45, 7) is 6.15. The summed E-state index contributed by atoms with van der Waals surface area (Å²) in [5.41, 5.74) is 5.70. The van der Waals surface area contributed by atoms with Crippen LogP contribution >= 0.6 is 0 Å². The van der Waals surface area contributed by atoms with Gasteiger partial charge in [0.25, 0.3) is 5.91 Å². The Morgan fingerprint density at radius 3 is 2.21 bits per heavy atom. The van der Waals surface area contributed by atoms with Crippen molar-refractivity contribution in [2.75, 3.05) is 11.9 Å². The topological polar surface area (TPSA) is 62.1 Å². The molecule has 0 saturated carbocycles. The van der Waals surface area contributed by atoms with Gasteiger partial charge in [0.1, 0.15) is 5.75 Å². The number of amides is 1. The zero-order valence-corrected chi connectivity index (χ0v) is 16.9. The molecule has 0 aliphatic carbocycles. The highest BCUT2D eigenvalue weighted by molar-refractivity contribution is 5.93. The third-order valence-corrected chi connectivity index (χ3v) is 4.76. The number of benzene rings is 3. The monoisotopic (exact) mass is 384 g/mol. The van der Waals surface area contributed by atoms with Gasteiger partial charge in [-0.3, -0.25) is 4.79 Å². The van der Waals surface area contributed by atoms with Crippen molar-refractivity contribution in [1.82, 2.24) is 0 Å². The van der Waals surface area contributed by atoms with Crippen LogP contribution in [0.4, 0.5) is 5.69 Å². The van der Waals surface area contributed by atoms with E-state index in [0.29, 0.717) is 17.2 Å². The Balaban J connectivity index is 1.62.